The number of rotatable bonds is 4. The Hall–Kier alpha value is -1.16. The monoisotopic (exact) mass is 246 g/mol. The third kappa shape index (κ3) is 2.99. The van der Waals surface area contributed by atoms with Crippen LogP contribution in [0.25, 0.3) is 0 Å². The second-order valence-corrected chi connectivity index (χ2v) is 5.50. The van der Waals surface area contributed by atoms with Gasteiger partial charge in [0.1, 0.15) is 0 Å². The van der Waals surface area contributed by atoms with Gasteiger partial charge in [-0.2, -0.15) is 0 Å². The molecule has 98 valence electrons. The van der Waals surface area contributed by atoms with E-state index in [4.69, 9.17) is 4.98 Å². The maximum atomic E-state index is 4.71. The van der Waals surface area contributed by atoms with Crippen LogP contribution in [0.5, 0.6) is 0 Å². The summed E-state index contributed by atoms with van der Waals surface area (Å²) >= 11 is 0. The van der Waals surface area contributed by atoms with Crippen molar-refractivity contribution in [2.24, 2.45) is 0 Å². The zero-order chi connectivity index (χ0) is 12.4. The molecule has 0 atom stereocenters. The molecule has 0 bridgehead atoms. The Labute approximate surface area is 109 Å². The molecule has 0 aromatic carbocycles. The highest BCUT2D eigenvalue weighted by Gasteiger charge is 2.21. The normalized spacial score (nSPS) is 20.2. The minimum atomic E-state index is 0.735. The number of piperidine rings is 1. The highest BCUT2D eigenvalue weighted by Crippen LogP contribution is 2.20. The predicted octanol–water partition coefficient (Wildman–Crippen LogP) is 2.03. The summed E-state index contributed by atoms with van der Waals surface area (Å²) in [6.07, 6.45) is 6.53. The molecule has 1 aromatic rings. The summed E-state index contributed by atoms with van der Waals surface area (Å²) in [4.78, 5) is 11.6. The Balaban J connectivity index is 1.71. The molecule has 4 nitrogen and oxygen atoms in total. The Morgan fingerprint density at radius 2 is 2.00 bits per heavy atom. The zero-order valence-electron chi connectivity index (χ0n) is 11.2. The lowest BCUT2D eigenvalue weighted by atomic mass is 10.1. The summed E-state index contributed by atoms with van der Waals surface area (Å²) in [5, 5.41) is 3.52. The number of hydrogen-bond donors (Lipinski definition) is 1. The Bertz CT molecular complexity index is 408. The molecule has 3 rings (SSSR count). The topological polar surface area (TPSA) is 41.1 Å². The summed E-state index contributed by atoms with van der Waals surface area (Å²) in [7, 11) is 0. The summed E-state index contributed by atoms with van der Waals surface area (Å²) in [5.74, 6) is 0.933. The van der Waals surface area contributed by atoms with Crippen molar-refractivity contribution in [2.75, 3.05) is 18.0 Å². The molecular formula is C14H22N4. The second-order valence-electron chi connectivity index (χ2n) is 5.50. The lowest BCUT2D eigenvalue weighted by Gasteiger charge is -2.27. The van der Waals surface area contributed by atoms with E-state index in [9.17, 15) is 0 Å². The largest absolute Gasteiger partial charge is 0.341 e. The van der Waals surface area contributed by atoms with Gasteiger partial charge in [-0.05, 0) is 45.1 Å². The van der Waals surface area contributed by atoms with Crippen molar-refractivity contribution in [1.29, 1.82) is 0 Å². The first kappa shape index (κ1) is 11.9. The van der Waals surface area contributed by atoms with E-state index >= 15 is 0 Å². The fraction of sp³-hybridized carbons (Fsp3) is 0.714. The van der Waals surface area contributed by atoms with Crippen LogP contribution in [0.4, 0.5) is 5.95 Å². The molecule has 0 spiro atoms. The second kappa shape index (κ2) is 5.22. The Kier molecular flexibility index (Phi) is 3.46. The average molecular weight is 246 g/mol. The molecule has 0 amide bonds. The molecule has 1 saturated heterocycles. The fourth-order valence-corrected chi connectivity index (χ4v) is 2.48. The zero-order valence-corrected chi connectivity index (χ0v) is 11.2. The molecule has 1 aliphatic heterocycles. The van der Waals surface area contributed by atoms with Gasteiger partial charge in [-0.3, -0.25) is 0 Å². The van der Waals surface area contributed by atoms with E-state index < -0.39 is 0 Å². The van der Waals surface area contributed by atoms with Crippen molar-refractivity contribution < 1.29 is 0 Å². The van der Waals surface area contributed by atoms with Crippen LogP contribution in [-0.2, 0) is 6.54 Å². The molecule has 2 heterocycles. The van der Waals surface area contributed by atoms with Crippen molar-refractivity contribution in [3.63, 3.8) is 0 Å². The van der Waals surface area contributed by atoms with Crippen LogP contribution in [-0.4, -0.2) is 29.1 Å². The van der Waals surface area contributed by atoms with E-state index in [1.165, 1.54) is 32.1 Å². The van der Waals surface area contributed by atoms with Crippen molar-refractivity contribution in [3.8, 4) is 0 Å². The first-order valence-electron chi connectivity index (χ1n) is 7.14. The van der Waals surface area contributed by atoms with Gasteiger partial charge in [-0.15, -0.1) is 0 Å². The number of nitrogens with one attached hydrogen (secondary N) is 1. The number of anilines is 1. The molecule has 1 saturated carbocycles. The molecule has 2 aliphatic rings. The summed E-state index contributed by atoms with van der Waals surface area (Å²) in [6, 6.07) is 2.83. The van der Waals surface area contributed by atoms with Crippen LogP contribution in [0.2, 0.25) is 0 Å². The molecule has 2 fully saturated rings. The molecule has 1 aromatic heterocycles. The minimum Gasteiger partial charge on any atom is -0.341 e. The van der Waals surface area contributed by atoms with E-state index in [-0.39, 0.29) is 0 Å². The molecule has 4 heteroatoms. The number of aryl methyl sites for hydroxylation is 1. The summed E-state index contributed by atoms with van der Waals surface area (Å²) in [6.45, 7) is 5.17. The van der Waals surface area contributed by atoms with Gasteiger partial charge in [0.25, 0.3) is 0 Å². The first-order chi connectivity index (χ1) is 8.81. The molecule has 18 heavy (non-hydrogen) atoms. The van der Waals surface area contributed by atoms with Gasteiger partial charge in [0.2, 0.25) is 5.95 Å². The summed E-state index contributed by atoms with van der Waals surface area (Å²) in [5.41, 5.74) is 2.22. The lowest BCUT2D eigenvalue weighted by Crippen LogP contribution is -2.31. The fourth-order valence-electron chi connectivity index (χ4n) is 2.48. The maximum Gasteiger partial charge on any atom is 0.225 e. The minimum absolute atomic E-state index is 0.735. The van der Waals surface area contributed by atoms with E-state index in [1.807, 2.05) is 0 Å². The molecule has 1 aliphatic carbocycles. The standard InChI is InChI=1S/C14H22N4/c1-11-9-13(10-15-12-5-6-12)17-14(16-11)18-7-3-2-4-8-18/h9,12,15H,2-8,10H2,1H3. The van der Waals surface area contributed by atoms with Gasteiger partial charge in [-0.1, -0.05) is 0 Å². The van der Waals surface area contributed by atoms with Gasteiger partial charge in [0, 0.05) is 31.4 Å². The molecular weight excluding hydrogens is 224 g/mol. The number of aromatic nitrogens is 2. The third-order valence-corrected chi connectivity index (χ3v) is 3.68. The first-order valence-corrected chi connectivity index (χ1v) is 7.14. The van der Waals surface area contributed by atoms with E-state index in [0.29, 0.717) is 0 Å². The lowest BCUT2D eigenvalue weighted by molar-refractivity contribution is 0.565. The number of nitrogens with zero attached hydrogens (tertiary/aromatic N) is 3. The molecule has 0 radical (unpaired) electrons. The number of hydrogen-bond acceptors (Lipinski definition) is 4. The maximum absolute atomic E-state index is 4.71. The van der Waals surface area contributed by atoms with E-state index in [0.717, 1.165) is 43.0 Å². The van der Waals surface area contributed by atoms with E-state index in [2.05, 4.69) is 28.2 Å². The van der Waals surface area contributed by atoms with Crippen molar-refractivity contribution >= 4 is 5.95 Å². The van der Waals surface area contributed by atoms with Gasteiger partial charge >= 0.3 is 0 Å². The Morgan fingerprint density at radius 1 is 1.22 bits per heavy atom. The third-order valence-electron chi connectivity index (χ3n) is 3.68. The Morgan fingerprint density at radius 3 is 2.72 bits per heavy atom. The van der Waals surface area contributed by atoms with Crippen LogP contribution in [0.1, 0.15) is 43.5 Å². The highest BCUT2D eigenvalue weighted by atomic mass is 15.3. The van der Waals surface area contributed by atoms with Crippen LogP contribution in [0.15, 0.2) is 6.07 Å². The van der Waals surface area contributed by atoms with Gasteiger partial charge in [0.05, 0.1) is 5.69 Å². The van der Waals surface area contributed by atoms with Gasteiger partial charge in [0.15, 0.2) is 0 Å². The highest BCUT2D eigenvalue weighted by molar-refractivity contribution is 5.32. The van der Waals surface area contributed by atoms with Crippen LogP contribution >= 0.6 is 0 Å². The van der Waals surface area contributed by atoms with Crippen molar-refractivity contribution in [2.45, 2.75) is 51.6 Å². The predicted molar refractivity (Wildman–Crippen MR) is 72.7 cm³/mol. The van der Waals surface area contributed by atoms with Crippen molar-refractivity contribution in [1.82, 2.24) is 15.3 Å². The van der Waals surface area contributed by atoms with Crippen LogP contribution in [0.3, 0.4) is 0 Å². The van der Waals surface area contributed by atoms with Gasteiger partial charge in [-0.25, -0.2) is 9.97 Å². The average Bonchev–Trinajstić information content (AvgIpc) is 3.21. The van der Waals surface area contributed by atoms with Crippen LogP contribution in [0, 0.1) is 6.92 Å². The summed E-state index contributed by atoms with van der Waals surface area (Å²) < 4.78 is 0. The smallest absolute Gasteiger partial charge is 0.225 e. The molecule has 1 N–H and O–H groups in total. The van der Waals surface area contributed by atoms with E-state index in [1.54, 1.807) is 0 Å². The molecule has 0 unspecified atom stereocenters. The SMILES string of the molecule is Cc1cc(CNC2CC2)nc(N2CCCCC2)n1. The quantitative estimate of drug-likeness (QED) is 0.882. The van der Waals surface area contributed by atoms with Crippen molar-refractivity contribution in [3.05, 3.63) is 17.5 Å². The van der Waals surface area contributed by atoms with Gasteiger partial charge < -0.3 is 10.2 Å². The van der Waals surface area contributed by atoms with Crippen LogP contribution < -0.4 is 10.2 Å².